The highest BCUT2D eigenvalue weighted by Gasteiger charge is 2.19. The predicted octanol–water partition coefficient (Wildman–Crippen LogP) is 3.18. The van der Waals surface area contributed by atoms with E-state index in [0.29, 0.717) is 12.1 Å². The van der Waals surface area contributed by atoms with Gasteiger partial charge in [0, 0.05) is 39.8 Å². The van der Waals surface area contributed by atoms with Crippen molar-refractivity contribution in [3.8, 4) is 0 Å². The molecule has 31 heavy (non-hydrogen) atoms. The molecule has 0 amide bonds. The number of carbonyl (C=O) groups is 1. The number of likely N-dealkylation sites (tertiary alicyclic amines) is 1. The molecule has 7 nitrogen and oxygen atoms in total. The number of hydrogen-bond acceptors (Lipinski definition) is 5. The van der Waals surface area contributed by atoms with Crippen molar-refractivity contribution >= 4 is 35.9 Å². The number of piperidine rings is 1. The van der Waals surface area contributed by atoms with Crippen LogP contribution in [-0.2, 0) is 20.8 Å². The molecule has 1 heterocycles. The Balaban J connectivity index is 0.00000480. The molecule has 1 aromatic carbocycles. The molecule has 1 aromatic rings. The molecular formula is C23H39IN4O3. The molecule has 1 aliphatic heterocycles. The lowest BCUT2D eigenvalue weighted by Gasteiger charge is -2.32. The van der Waals surface area contributed by atoms with Crippen LogP contribution < -0.4 is 10.6 Å². The second kappa shape index (κ2) is 14.6. The Morgan fingerprint density at radius 3 is 2.45 bits per heavy atom. The van der Waals surface area contributed by atoms with Gasteiger partial charge in [0.25, 0.3) is 0 Å². The first-order chi connectivity index (χ1) is 14.4. The molecule has 0 aromatic heterocycles. The number of nitrogens with one attached hydrogen (secondary N) is 2. The van der Waals surface area contributed by atoms with Gasteiger partial charge in [0.05, 0.1) is 6.10 Å². The highest BCUT2D eigenvalue weighted by atomic mass is 127. The van der Waals surface area contributed by atoms with E-state index >= 15 is 0 Å². The Morgan fingerprint density at radius 2 is 1.84 bits per heavy atom. The minimum Gasteiger partial charge on any atom is -0.459 e. The van der Waals surface area contributed by atoms with Crippen LogP contribution in [0.15, 0.2) is 35.3 Å². The molecule has 0 saturated carbocycles. The van der Waals surface area contributed by atoms with Crippen molar-refractivity contribution in [3.63, 3.8) is 0 Å². The van der Waals surface area contributed by atoms with Gasteiger partial charge < -0.3 is 20.1 Å². The van der Waals surface area contributed by atoms with Crippen molar-refractivity contribution in [2.45, 2.75) is 58.3 Å². The number of carbonyl (C=O) groups excluding carboxylic acids is 1. The van der Waals surface area contributed by atoms with Gasteiger partial charge in [-0.3, -0.25) is 14.7 Å². The van der Waals surface area contributed by atoms with E-state index in [0.717, 1.165) is 52.0 Å². The molecule has 1 aliphatic rings. The summed E-state index contributed by atoms with van der Waals surface area (Å²) >= 11 is 0. The summed E-state index contributed by atoms with van der Waals surface area (Å²) in [5.74, 6) is 0.294. The van der Waals surface area contributed by atoms with E-state index in [4.69, 9.17) is 9.47 Å². The minimum atomic E-state index is -0.481. The number of aliphatic imine (C=N–C) groups is 1. The fraction of sp³-hybridized carbons (Fsp3) is 0.652. The summed E-state index contributed by atoms with van der Waals surface area (Å²) < 4.78 is 11.3. The third kappa shape index (κ3) is 12.3. The van der Waals surface area contributed by atoms with Crippen LogP contribution in [-0.4, -0.2) is 68.4 Å². The first-order valence-electron chi connectivity index (χ1n) is 10.9. The highest BCUT2D eigenvalue weighted by molar-refractivity contribution is 14.0. The molecule has 176 valence electrons. The molecule has 2 rings (SSSR count). The Morgan fingerprint density at radius 1 is 1.16 bits per heavy atom. The molecule has 8 heteroatoms. The van der Waals surface area contributed by atoms with Crippen molar-refractivity contribution in [1.29, 1.82) is 0 Å². The van der Waals surface area contributed by atoms with Gasteiger partial charge >= 0.3 is 5.97 Å². The second-order valence-electron chi connectivity index (χ2n) is 8.62. The molecule has 0 spiro atoms. The van der Waals surface area contributed by atoms with Crippen LogP contribution in [0.25, 0.3) is 0 Å². The molecule has 0 atom stereocenters. The third-order valence-electron chi connectivity index (χ3n) is 4.79. The summed E-state index contributed by atoms with van der Waals surface area (Å²) in [7, 11) is 1.68. The Kier molecular flexibility index (Phi) is 13.0. The Hall–Kier alpha value is -1.39. The Labute approximate surface area is 204 Å². The molecule has 0 radical (unpaired) electrons. The van der Waals surface area contributed by atoms with Gasteiger partial charge in [-0.05, 0) is 45.6 Å². The maximum atomic E-state index is 11.8. The number of ether oxygens (including phenoxy) is 2. The molecular weight excluding hydrogens is 507 g/mol. The first-order valence-corrected chi connectivity index (χ1v) is 10.9. The summed E-state index contributed by atoms with van der Waals surface area (Å²) in [6.07, 6.45) is 3.40. The monoisotopic (exact) mass is 546 g/mol. The fourth-order valence-electron chi connectivity index (χ4n) is 3.36. The topological polar surface area (TPSA) is 75.2 Å². The Bertz CT molecular complexity index is 657. The predicted molar refractivity (Wildman–Crippen MR) is 136 cm³/mol. The normalized spacial score (nSPS) is 15.8. The van der Waals surface area contributed by atoms with Gasteiger partial charge in [0.2, 0.25) is 0 Å². The van der Waals surface area contributed by atoms with Crippen molar-refractivity contribution in [3.05, 3.63) is 35.9 Å². The van der Waals surface area contributed by atoms with Crippen LogP contribution in [0.4, 0.5) is 0 Å². The second-order valence-corrected chi connectivity index (χ2v) is 8.62. The van der Waals surface area contributed by atoms with Crippen LogP contribution >= 0.6 is 24.0 Å². The van der Waals surface area contributed by atoms with Crippen molar-refractivity contribution < 1.29 is 14.3 Å². The maximum Gasteiger partial charge on any atom is 0.325 e. The largest absolute Gasteiger partial charge is 0.459 e. The first kappa shape index (κ1) is 27.6. The van der Waals surface area contributed by atoms with Crippen LogP contribution in [0.3, 0.4) is 0 Å². The molecule has 0 bridgehead atoms. The van der Waals surface area contributed by atoms with E-state index in [1.54, 1.807) is 7.05 Å². The SMILES string of the molecule is CN=C(NCCCOC1CCN(Cc2ccccc2)CC1)NCC(=O)OC(C)(C)C.I. The number of benzene rings is 1. The smallest absolute Gasteiger partial charge is 0.325 e. The van der Waals surface area contributed by atoms with Gasteiger partial charge in [-0.1, -0.05) is 30.3 Å². The van der Waals surface area contributed by atoms with Gasteiger partial charge in [-0.25, -0.2) is 0 Å². The quantitative estimate of drug-likeness (QED) is 0.163. The lowest BCUT2D eigenvalue weighted by Crippen LogP contribution is -2.42. The average Bonchev–Trinajstić information content (AvgIpc) is 2.71. The van der Waals surface area contributed by atoms with Crippen LogP contribution in [0.1, 0.15) is 45.6 Å². The zero-order valence-corrected chi connectivity index (χ0v) is 21.7. The number of esters is 1. The van der Waals surface area contributed by atoms with Crippen LogP contribution in [0.2, 0.25) is 0 Å². The molecule has 0 aliphatic carbocycles. The highest BCUT2D eigenvalue weighted by Crippen LogP contribution is 2.16. The number of nitrogens with zero attached hydrogens (tertiary/aromatic N) is 2. The minimum absolute atomic E-state index is 0. The van der Waals surface area contributed by atoms with Crippen molar-refractivity contribution in [1.82, 2.24) is 15.5 Å². The van der Waals surface area contributed by atoms with Crippen LogP contribution in [0, 0.1) is 0 Å². The summed E-state index contributed by atoms with van der Waals surface area (Å²) in [6, 6.07) is 10.6. The third-order valence-corrected chi connectivity index (χ3v) is 4.79. The fourth-order valence-corrected chi connectivity index (χ4v) is 3.36. The molecule has 1 fully saturated rings. The lowest BCUT2D eigenvalue weighted by molar-refractivity contribution is -0.153. The average molecular weight is 546 g/mol. The molecule has 0 unspecified atom stereocenters. The van der Waals surface area contributed by atoms with E-state index in [-0.39, 0.29) is 36.5 Å². The summed E-state index contributed by atoms with van der Waals surface area (Å²) in [4.78, 5) is 18.4. The zero-order valence-electron chi connectivity index (χ0n) is 19.4. The number of halogens is 1. The van der Waals surface area contributed by atoms with Gasteiger partial charge in [-0.15, -0.1) is 24.0 Å². The maximum absolute atomic E-state index is 11.8. The summed E-state index contributed by atoms with van der Waals surface area (Å²) in [5, 5.41) is 6.18. The number of guanidine groups is 1. The van der Waals surface area contributed by atoms with E-state index in [1.807, 2.05) is 20.8 Å². The van der Waals surface area contributed by atoms with Gasteiger partial charge in [0.1, 0.15) is 12.1 Å². The van der Waals surface area contributed by atoms with Gasteiger partial charge in [0.15, 0.2) is 5.96 Å². The zero-order chi connectivity index (χ0) is 21.8. The summed E-state index contributed by atoms with van der Waals surface area (Å²) in [6.45, 7) is 10.3. The van der Waals surface area contributed by atoms with E-state index in [9.17, 15) is 4.79 Å². The molecule has 2 N–H and O–H groups in total. The summed E-state index contributed by atoms with van der Waals surface area (Å²) in [5.41, 5.74) is 0.890. The van der Waals surface area contributed by atoms with Crippen molar-refractivity contribution in [2.75, 3.05) is 39.8 Å². The lowest BCUT2D eigenvalue weighted by atomic mass is 10.1. The van der Waals surface area contributed by atoms with E-state index < -0.39 is 5.60 Å². The van der Waals surface area contributed by atoms with E-state index in [2.05, 4.69) is 50.9 Å². The van der Waals surface area contributed by atoms with Crippen LogP contribution in [0.5, 0.6) is 0 Å². The van der Waals surface area contributed by atoms with E-state index in [1.165, 1.54) is 5.56 Å². The molecule has 1 saturated heterocycles. The number of rotatable bonds is 9. The number of hydrogen-bond donors (Lipinski definition) is 2. The standard InChI is InChI=1S/C23H38N4O3.HI/c1-23(2,3)30-21(28)17-26-22(24-4)25-13-8-16-29-20-11-14-27(15-12-20)18-19-9-6-5-7-10-19;/h5-7,9-10,20H,8,11-18H2,1-4H3,(H2,24,25,26);1H. The van der Waals surface area contributed by atoms with Crippen molar-refractivity contribution in [2.24, 2.45) is 4.99 Å². The van der Waals surface area contributed by atoms with Gasteiger partial charge in [-0.2, -0.15) is 0 Å².